The zero-order valence-corrected chi connectivity index (χ0v) is 7.92. The van der Waals surface area contributed by atoms with Crippen molar-refractivity contribution in [3.63, 3.8) is 0 Å². The van der Waals surface area contributed by atoms with Crippen molar-refractivity contribution in [1.82, 2.24) is 0 Å². The summed E-state index contributed by atoms with van der Waals surface area (Å²) in [6, 6.07) is 7.30. The molecule has 0 fully saturated rings. The van der Waals surface area contributed by atoms with E-state index in [4.69, 9.17) is 14.6 Å². The molecule has 4 nitrogen and oxygen atoms in total. The lowest BCUT2D eigenvalue weighted by Gasteiger charge is -2.24. The van der Waals surface area contributed by atoms with Gasteiger partial charge in [-0.05, 0) is 18.2 Å². The number of carboxylic acid groups (broad SMARTS) is 1. The first-order valence-electron chi connectivity index (χ1n) is 4.55. The summed E-state index contributed by atoms with van der Waals surface area (Å²) in [6.07, 6.45) is 2.19. The SMILES string of the molecule is O=C(O)/C=C/C1COc2ccccc2O1. The van der Waals surface area contributed by atoms with Gasteiger partial charge in [0.25, 0.3) is 0 Å². The van der Waals surface area contributed by atoms with Gasteiger partial charge >= 0.3 is 5.97 Å². The maximum absolute atomic E-state index is 10.3. The van der Waals surface area contributed by atoms with Gasteiger partial charge in [0.15, 0.2) is 17.6 Å². The molecule has 0 saturated carbocycles. The molecule has 0 spiro atoms. The number of carbonyl (C=O) groups is 1. The van der Waals surface area contributed by atoms with Crippen LogP contribution in [0, 0.1) is 0 Å². The van der Waals surface area contributed by atoms with Crippen molar-refractivity contribution in [3.05, 3.63) is 36.4 Å². The molecule has 0 aliphatic carbocycles. The van der Waals surface area contributed by atoms with E-state index in [9.17, 15) is 4.79 Å². The fourth-order valence-electron chi connectivity index (χ4n) is 1.32. The van der Waals surface area contributed by atoms with Crippen LogP contribution in [0.15, 0.2) is 36.4 Å². The van der Waals surface area contributed by atoms with Crippen molar-refractivity contribution < 1.29 is 19.4 Å². The van der Waals surface area contributed by atoms with Crippen molar-refractivity contribution in [2.75, 3.05) is 6.61 Å². The zero-order chi connectivity index (χ0) is 10.7. The third-order valence-electron chi connectivity index (χ3n) is 1.98. The molecule has 0 saturated heterocycles. The molecule has 0 aromatic heterocycles. The molecular formula is C11H10O4. The van der Waals surface area contributed by atoms with Gasteiger partial charge in [0.2, 0.25) is 0 Å². The first kappa shape index (κ1) is 9.58. The van der Waals surface area contributed by atoms with Crippen molar-refractivity contribution >= 4 is 5.97 Å². The molecule has 0 bridgehead atoms. The van der Waals surface area contributed by atoms with Gasteiger partial charge in [0.05, 0.1) is 0 Å². The van der Waals surface area contributed by atoms with Crippen LogP contribution in [0.4, 0.5) is 0 Å². The Bertz CT molecular complexity index is 397. The van der Waals surface area contributed by atoms with Gasteiger partial charge in [0.1, 0.15) is 6.61 Å². The third-order valence-corrected chi connectivity index (χ3v) is 1.98. The normalized spacial score (nSPS) is 19.1. The molecule has 78 valence electrons. The molecule has 1 N–H and O–H groups in total. The second-order valence-corrected chi connectivity index (χ2v) is 3.11. The maximum atomic E-state index is 10.3. The van der Waals surface area contributed by atoms with Crippen LogP contribution in [0.2, 0.25) is 0 Å². The Morgan fingerprint density at radius 3 is 2.87 bits per heavy atom. The molecule has 1 aromatic carbocycles. The summed E-state index contributed by atoms with van der Waals surface area (Å²) < 4.78 is 10.9. The van der Waals surface area contributed by atoms with Gasteiger partial charge in [-0.2, -0.15) is 0 Å². The molecule has 0 amide bonds. The summed E-state index contributed by atoms with van der Waals surface area (Å²) in [5.74, 6) is 0.346. The molecule has 1 aliphatic rings. The zero-order valence-electron chi connectivity index (χ0n) is 7.92. The summed E-state index contributed by atoms with van der Waals surface area (Å²) >= 11 is 0. The summed E-state index contributed by atoms with van der Waals surface area (Å²) in [5, 5.41) is 8.46. The minimum atomic E-state index is -0.988. The van der Waals surface area contributed by atoms with Gasteiger partial charge in [-0.15, -0.1) is 0 Å². The Kier molecular flexibility index (Phi) is 2.58. The topological polar surface area (TPSA) is 55.8 Å². The molecule has 1 aliphatic heterocycles. The van der Waals surface area contributed by atoms with Crippen LogP contribution < -0.4 is 9.47 Å². The van der Waals surface area contributed by atoms with E-state index < -0.39 is 5.97 Å². The molecule has 1 unspecified atom stereocenters. The average molecular weight is 206 g/mol. The highest BCUT2D eigenvalue weighted by molar-refractivity contribution is 5.79. The Hall–Kier alpha value is -1.97. The van der Waals surface area contributed by atoms with Gasteiger partial charge in [0, 0.05) is 6.08 Å². The highest BCUT2D eigenvalue weighted by Crippen LogP contribution is 2.30. The number of benzene rings is 1. The smallest absolute Gasteiger partial charge is 0.328 e. The Labute approximate surface area is 86.7 Å². The van der Waals surface area contributed by atoms with E-state index in [1.54, 1.807) is 6.07 Å². The second-order valence-electron chi connectivity index (χ2n) is 3.11. The third kappa shape index (κ3) is 2.28. The predicted molar refractivity (Wildman–Crippen MR) is 53.1 cm³/mol. The maximum Gasteiger partial charge on any atom is 0.328 e. The van der Waals surface area contributed by atoms with E-state index in [1.165, 1.54) is 6.08 Å². The van der Waals surface area contributed by atoms with Crippen molar-refractivity contribution in [1.29, 1.82) is 0 Å². The fraction of sp³-hybridized carbons (Fsp3) is 0.182. The van der Waals surface area contributed by atoms with Gasteiger partial charge in [-0.3, -0.25) is 0 Å². The molecule has 1 heterocycles. The number of hydrogen-bond donors (Lipinski definition) is 1. The average Bonchev–Trinajstić information content (AvgIpc) is 2.26. The number of hydrogen-bond acceptors (Lipinski definition) is 3. The van der Waals surface area contributed by atoms with Gasteiger partial charge in [-0.25, -0.2) is 4.79 Å². The van der Waals surface area contributed by atoms with Crippen LogP contribution in [0.5, 0.6) is 11.5 Å². The molecule has 1 aromatic rings. The molecule has 0 radical (unpaired) electrons. The van der Waals surface area contributed by atoms with E-state index in [0.29, 0.717) is 18.1 Å². The Morgan fingerprint density at radius 1 is 1.40 bits per heavy atom. The van der Waals surface area contributed by atoms with E-state index in [0.717, 1.165) is 6.08 Å². The summed E-state index contributed by atoms with van der Waals surface area (Å²) in [7, 11) is 0. The van der Waals surface area contributed by atoms with Crippen LogP contribution in [0.25, 0.3) is 0 Å². The van der Waals surface area contributed by atoms with Crippen molar-refractivity contribution in [2.24, 2.45) is 0 Å². The lowest BCUT2D eigenvalue weighted by Crippen LogP contribution is -2.27. The van der Waals surface area contributed by atoms with Crippen LogP contribution in [-0.4, -0.2) is 23.8 Å². The minimum absolute atomic E-state index is 0.334. The standard InChI is InChI=1S/C11H10O4/c12-11(13)6-5-8-7-14-9-3-1-2-4-10(9)15-8/h1-6,8H,7H2,(H,12,13)/b6-5+. The van der Waals surface area contributed by atoms with Gasteiger partial charge in [-0.1, -0.05) is 12.1 Å². The van der Waals surface area contributed by atoms with E-state index in [-0.39, 0.29) is 6.10 Å². The summed E-state index contributed by atoms with van der Waals surface area (Å²) in [4.78, 5) is 10.3. The number of carboxylic acids is 1. The fourth-order valence-corrected chi connectivity index (χ4v) is 1.32. The lowest BCUT2D eigenvalue weighted by atomic mass is 10.2. The highest BCUT2D eigenvalue weighted by atomic mass is 16.6. The van der Waals surface area contributed by atoms with Crippen LogP contribution in [0.3, 0.4) is 0 Å². The lowest BCUT2D eigenvalue weighted by molar-refractivity contribution is -0.131. The highest BCUT2D eigenvalue weighted by Gasteiger charge is 2.17. The van der Waals surface area contributed by atoms with Crippen LogP contribution >= 0.6 is 0 Å². The molecule has 15 heavy (non-hydrogen) atoms. The van der Waals surface area contributed by atoms with Crippen molar-refractivity contribution in [2.45, 2.75) is 6.10 Å². The first-order valence-corrected chi connectivity index (χ1v) is 4.55. The van der Waals surface area contributed by atoms with Crippen molar-refractivity contribution in [3.8, 4) is 11.5 Å². The number of aliphatic carboxylic acids is 1. The first-order chi connectivity index (χ1) is 7.25. The summed E-state index contributed by atoms with van der Waals surface area (Å²) in [5.41, 5.74) is 0. The predicted octanol–water partition coefficient (Wildman–Crippen LogP) is 1.47. The van der Waals surface area contributed by atoms with Crippen LogP contribution in [0.1, 0.15) is 0 Å². The largest absolute Gasteiger partial charge is 0.485 e. The van der Waals surface area contributed by atoms with Gasteiger partial charge < -0.3 is 14.6 Å². The second kappa shape index (κ2) is 4.04. The van der Waals surface area contributed by atoms with E-state index >= 15 is 0 Å². The number of rotatable bonds is 2. The molecule has 2 rings (SSSR count). The quantitative estimate of drug-likeness (QED) is 0.744. The molecule has 1 atom stereocenters. The van der Waals surface area contributed by atoms with E-state index in [2.05, 4.69) is 0 Å². The molecular weight excluding hydrogens is 196 g/mol. The molecule has 4 heteroatoms. The van der Waals surface area contributed by atoms with E-state index in [1.807, 2.05) is 18.2 Å². The van der Waals surface area contributed by atoms with Crippen LogP contribution in [-0.2, 0) is 4.79 Å². The Morgan fingerprint density at radius 2 is 2.13 bits per heavy atom. The number of fused-ring (bicyclic) bond motifs is 1. The Balaban J connectivity index is 2.09. The minimum Gasteiger partial charge on any atom is -0.485 e. The number of para-hydroxylation sites is 2. The monoisotopic (exact) mass is 206 g/mol. The summed E-state index contributed by atoms with van der Waals surface area (Å²) in [6.45, 7) is 0.334. The number of ether oxygens (including phenoxy) is 2.